The van der Waals surface area contributed by atoms with Crippen LogP contribution in [0.4, 0.5) is 43.9 Å². The lowest BCUT2D eigenvalue weighted by molar-refractivity contribution is -0.360. The Morgan fingerprint density at radius 2 is 1.50 bits per heavy atom. The van der Waals surface area contributed by atoms with Gasteiger partial charge in [-0.15, -0.1) is 0 Å². The molecule has 1 N–H and O–H groups in total. The van der Waals surface area contributed by atoms with Gasteiger partial charge in [0, 0.05) is 12.5 Å². The van der Waals surface area contributed by atoms with Crippen LogP contribution in [0.25, 0.3) is 0 Å². The normalized spacial score (nSPS) is 16.6. The van der Waals surface area contributed by atoms with Gasteiger partial charge in [-0.1, -0.05) is 6.58 Å². The highest BCUT2D eigenvalue weighted by molar-refractivity contribution is 7.87. The van der Waals surface area contributed by atoms with E-state index in [-0.39, 0.29) is 13.0 Å². The summed E-state index contributed by atoms with van der Waals surface area (Å²) in [7, 11) is -6.80. The summed E-state index contributed by atoms with van der Waals surface area (Å²) in [5.74, 6) is -16.4. The molecule has 0 aliphatic heterocycles. The van der Waals surface area contributed by atoms with Crippen molar-refractivity contribution < 1.29 is 80.7 Å². The summed E-state index contributed by atoms with van der Waals surface area (Å²) in [4.78, 5) is 23.0. The predicted octanol–water partition coefficient (Wildman–Crippen LogP) is 2.99. The third-order valence-corrected chi connectivity index (χ3v) is 4.22. The lowest BCUT2D eigenvalue weighted by Crippen LogP contribution is -2.59. The molecule has 0 spiro atoms. The second-order valence-corrected chi connectivity index (χ2v) is 7.09. The Bertz CT molecular complexity index is 820. The van der Waals surface area contributed by atoms with Crippen LogP contribution in [0.1, 0.15) is 13.3 Å². The van der Waals surface area contributed by atoms with Crippen LogP contribution in [0, 0.1) is 0 Å². The van der Waals surface area contributed by atoms with E-state index >= 15 is 0 Å². The fourth-order valence-electron chi connectivity index (χ4n) is 1.53. The average Bonchev–Trinajstić information content (AvgIpc) is 2.57. The molecule has 19 heteroatoms. The molecule has 0 aromatic rings. The van der Waals surface area contributed by atoms with Crippen molar-refractivity contribution >= 4 is 22.1 Å². The largest absolute Gasteiger partial charge is 0.468 e. The summed E-state index contributed by atoms with van der Waals surface area (Å²) in [6, 6.07) is 0. The van der Waals surface area contributed by atoms with Crippen LogP contribution >= 0.6 is 0 Å². The van der Waals surface area contributed by atoms with Crippen molar-refractivity contribution in [3.05, 3.63) is 12.7 Å². The average molecular weight is 518 g/mol. The zero-order valence-corrected chi connectivity index (χ0v) is 16.1. The molecule has 2 unspecified atom stereocenters. The van der Waals surface area contributed by atoms with Gasteiger partial charge in [0.2, 0.25) is 0 Å². The molecule has 32 heavy (non-hydrogen) atoms. The third-order valence-electron chi connectivity index (χ3n) is 3.27. The zero-order valence-electron chi connectivity index (χ0n) is 15.3. The number of alkyl halides is 10. The molecule has 2 atom stereocenters. The van der Waals surface area contributed by atoms with Crippen LogP contribution in [0.3, 0.4) is 0 Å². The number of carbonyl (C=O) groups excluding carboxylic acids is 2. The molecule has 0 rings (SSSR count). The quantitative estimate of drug-likeness (QED) is 0.154. The van der Waals surface area contributed by atoms with Gasteiger partial charge in [-0.2, -0.15) is 52.3 Å². The highest BCUT2D eigenvalue weighted by Gasteiger charge is 2.70. The van der Waals surface area contributed by atoms with E-state index in [2.05, 4.69) is 20.8 Å². The first-order chi connectivity index (χ1) is 14.0. The standard InChI is InChI=1S/C13H12F10O8S/c1-3-7(24)31-10(12(19,20)21,8(25)30-6(2)11(16,17)18)29-5-4-9(14,15)13(22,23)32(26,27)28/h3,6H,1,4-5H2,2H3,(H,26,27,28). The van der Waals surface area contributed by atoms with Crippen LogP contribution < -0.4 is 0 Å². The van der Waals surface area contributed by atoms with E-state index in [9.17, 15) is 61.9 Å². The Balaban J connectivity index is 6.12. The van der Waals surface area contributed by atoms with Crippen molar-refractivity contribution in [3.63, 3.8) is 0 Å². The maximum atomic E-state index is 13.4. The van der Waals surface area contributed by atoms with Gasteiger partial charge in [0.05, 0.1) is 6.61 Å². The first-order valence-electron chi connectivity index (χ1n) is 7.53. The van der Waals surface area contributed by atoms with E-state index < -0.39 is 70.5 Å². The summed E-state index contributed by atoms with van der Waals surface area (Å²) >= 11 is 0. The van der Waals surface area contributed by atoms with Gasteiger partial charge >= 0.3 is 51.4 Å². The van der Waals surface area contributed by atoms with Gasteiger partial charge in [0.15, 0.2) is 6.10 Å². The second kappa shape index (κ2) is 9.38. The minimum atomic E-state index is -6.80. The number of carbonyl (C=O) groups is 2. The highest BCUT2D eigenvalue weighted by Crippen LogP contribution is 2.42. The highest BCUT2D eigenvalue weighted by atomic mass is 32.2. The second-order valence-electron chi connectivity index (χ2n) is 5.62. The van der Waals surface area contributed by atoms with Crippen LogP contribution in [0.2, 0.25) is 0 Å². The van der Waals surface area contributed by atoms with Crippen LogP contribution in [-0.4, -0.2) is 66.9 Å². The zero-order chi connectivity index (χ0) is 26.0. The molecule has 0 aromatic carbocycles. The number of rotatable bonds is 10. The minimum Gasteiger partial charge on any atom is -0.448 e. The fraction of sp³-hybridized carbons (Fsp3) is 0.692. The number of esters is 2. The number of halogens is 10. The van der Waals surface area contributed by atoms with Gasteiger partial charge in [0.1, 0.15) is 0 Å². The van der Waals surface area contributed by atoms with E-state index in [1.807, 2.05) is 0 Å². The first-order valence-corrected chi connectivity index (χ1v) is 8.97. The molecule has 8 nitrogen and oxygen atoms in total. The van der Waals surface area contributed by atoms with Crippen molar-refractivity contribution in [2.45, 2.75) is 48.8 Å². The number of hydrogen-bond acceptors (Lipinski definition) is 7. The summed E-state index contributed by atoms with van der Waals surface area (Å²) in [6.07, 6.45) is -17.8. The number of hydrogen-bond donors (Lipinski definition) is 1. The van der Waals surface area contributed by atoms with Gasteiger partial charge in [-0.25, -0.2) is 9.59 Å². The molecule has 0 aliphatic rings. The Morgan fingerprint density at radius 3 is 1.84 bits per heavy atom. The third kappa shape index (κ3) is 6.44. The fourth-order valence-corrected chi connectivity index (χ4v) is 2.01. The van der Waals surface area contributed by atoms with Crippen molar-refractivity contribution in [1.82, 2.24) is 0 Å². The van der Waals surface area contributed by atoms with E-state index in [4.69, 9.17) is 4.55 Å². The van der Waals surface area contributed by atoms with E-state index in [1.54, 1.807) is 0 Å². The summed E-state index contributed by atoms with van der Waals surface area (Å²) in [6.45, 7) is 0.268. The Kier molecular flexibility index (Phi) is 8.75. The molecule has 0 radical (unpaired) electrons. The Morgan fingerprint density at radius 1 is 1.03 bits per heavy atom. The Labute approximate surface area is 171 Å². The molecule has 0 aliphatic carbocycles. The van der Waals surface area contributed by atoms with Crippen molar-refractivity contribution in [3.8, 4) is 0 Å². The molecule has 0 heterocycles. The van der Waals surface area contributed by atoms with Crippen molar-refractivity contribution in [2.75, 3.05) is 6.61 Å². The lowest BCUT2D eigenvalue weighted by Gasteiger charge is -2.33. The first kappa shape index (κ1) is 29.9. The minimum absolute atomic E-state index is 0.0230. The predicted molar refractivity (Wildman–Crippen MR) is 78.7 cm³/mol. The molecular formula is C13H12F10O8S. The van der Waals surface area contributed by atoms with Gasteiger partial charge in [-0.3, -0.25) is 4.55 Å². The molecule has 0 saturated carbocycles. The topological polar surface area (TPSA) is 116 Å². The molecule has 0 fully saturated rings. The number of ether oxygens (including phenoxy) is 3. The van der Waals surface area contributed by atoms with Crippen LogP contribution in [0.5, 0.6) is 0 Å². The van der Waals surface area contributed by atoms with Crippen molar-refractivity contribution in [2.24, 2.45) is 0 Å². The maximum Gasteiger partial charge on any atom is 0.468 e. The molecule has 0 saturated heterocycles. The van der Waals surface area contributed by atoms with Gasteiger partial charge in [-0.05, 0) is 6.92 Å². The van der Waals surface area contributed by atoms with E-state index in [0.717, 1.165) is 0 Å². The smallest absolute Gasteiger partial charge is 0.448 e. The molecule has 0 amide bonds. The molecule has 0 bridgehead atoms. The Hall–Kier alpha value is -2.15. The van der Waals surface area contributed by atoms with E-state index in [1.165, 1.54) is 0 Å². The van der Waals surface area contributed by atoms with E-state index in [0.29, 0.717) is 0 Å². The summed E-state index contributed by atoms with van der Waals surface area (Å²) < 4.78 is 170. The molecular weight excluding hydrogens is 506 g/mol. The molecule has 0 aromatic heterocycles. The SMILES string of the molecule is C=CC(=O)OC(OCCC(F)(F)C(F)(F)S(=O)(=O)O)(C(=O)OC(C)C(F)(F)F)C(F)(F)F. The summed E-state index contributed by atoms with van der Waals surface area (Å²) in [5, 5.41) is -6.26. The summed E-state index contributed by atoms with van der Waals surface area (Å²) in [5.41, 5.74) is 0. The van der Waals surface area contributed by atoms with Gasteiger partial charge < -0.3 is 14.2 Å². The lowest BCUT2D eigenvalue weighted by atomic mass is 10.2. The molecule has 188 valence electrons. The monoisotopic (exact) mass is 518 g/mol. The maximum absolute atomic E-state index is 13.4. The van der Waals surface area contributed by atoms with Crippen LogP contribution in [-0.2, 0) is 33.9 Å². The van der Waals surface area contributed by atoms with Gasteiger partial charge in [0.25, 0.3) is 0 Å². The van der Waals surface area contributed by atoms with Crippen LogP contribution in [0.15, 0.2) is 12.7 Å². The van der Waals surface area contributed by atoms with Crippen molar-refractivity contribution in [1.29, 1.82) is 0 Å².